The van der Waals surface area contributed by atoms with Crippen LogP contribution in [0.4, 0.5) is 0 Å². The van der Waals surface area contributed by atoms with Crippen LogP contribution in [0.2, 0.25) is 0 Å². The third-order valence-electron chi connectivity index (χ3n) is 3.65. The van der Waals surface area contributed by atoms with E-state index in [0.29, 0.717) is 6.42 Å². The van der Waals surface area contributed by atoms with Gasteiger partial charge in [-0.2, -0.15) is 5.26 Å². The number of rotatable bonds is 4. The molecule has 0 unspecified atom stereocenters. The highest BCUT2D eigenvalue weighted by Crippen LogP contribution is 2.24. The van der Waals surface area contributed by atoms with Gasteiger partial charge < -0.3 is 5.32 Å². The molecular weight excluding hydrogens is 293 g/mol. The highest BCUT2D eigenvalue weighted by molar-refractivity contribution is 5.85. The van der Waals surface area contributed by atoms with Crippen LogP contribution in [0.3, 0.4) is 0 Å². The van der Waals surface area contributed by atoms with Crippen molar-refractivity contribution in [3.05, 3.63) is 35.4 Å². The number of nitriles is 1. The van der Waals surface area contributed by atoms with Crippen LogP contribution in [-0.4, -0.2) is 31.1 Å². The van der Waals surface area contributed by atoms with Crippen molar-refractivity contribution in [1.29, 1.82) is 5.26 Å². The molecule has 1 aromatic carbocycles. The Kier molecular flexibility index (Phi) is 9.62. The minimum Gasteiger partial charge on any atom is -0.314 e. The summed E-state index contributed by atoms with van der Waals surface area (Å²) in [5.41, 5.74) is 2.63. The molecule has 0 spiro atoms. The fraction of sp³-hybridized carbons (Fsp3) is 0.533. The van der Waals surface area contributed by atoms with Gasteiger partial charge in [0.25, 0.3) is 0 Å². The maximum Gasteiger partial charge on any atom is 0.0641 e. The molecular formula is C15H23Cl2N3. The molecule has 1 heterocycles. The van der Waals surface area contributed by atoms with Crippen molar-refractivity contribution >= 4 is 24.8 Å². The van der Waals surface area contributed by atoms with Gasteiger partial charge in [0.2, 0.25) is 0 Å². The van der Waals surface area contributed by atoms with E-state index >= 15 is 0 Å². The summed E-state index contributed by atoms with van der Waals surface area (Å²) >= 11 is 0. The summed E-state index contributed by atoms with van der Waals surface area (Å²) in [7, 11) is 0. The van der Waals surface area contributed by atoms with Gasteiger partial charge in [-0.05, 0) is 17.5 Å². The Labute approximate surface area is 134 Å². The molecule has 0 aromatic heterocycles. The van der Waals surface area contributed by atoms with Gasteiger partial charge in [0.05, 0.1) is 12.5 Å². The summed E-state index contributed by atoms with van der Waals surface area (Å²) in [6, 6.07) is 11.3. The number of benzene rings is 1. The Balaban J connectivity index is 0.00000180. The van der Waals surface area contributed by atoms with Gasteiger partial charge in [-0.1, -0.05) is 31.2 Å². The van der Waals surface area contributed by atoms with Crippen LogP contribution >= 0.6 is 24.8 Å². The summed E-state index contributed by atoms with van der Waals surface area (Å²) in [5.74, 6) is 0. The predicted molar refractivity (Wildman–Crippen MR) is 87.7 cm³/mol. The monoisotopic (exact) mass is 315 g/mol. The molecule has 1 fully saturated rings. The minimum absolute atomic E-state index is 0. The quantitative estimate of drug-likeness (QED) is 0.928. The zero-order valence-corrected chi connectivity index (χ0v) is 13.5. The van der Waals surface area contributed by atoms with Gasteiger partial charge in [-0.25, -0.2) is 0 Å². The number of nitrogens with zero attached hydrogens (tertiary/aromatic N) is 2. The molecule has 0 saturated carbocycles. The van der Waals surface area contributed by atoms with E-state index < -0.39 is 0 Å². The molecule has 1 aromatic rings. The first-order valence-electron chi connectivity index (χ1n) is 6.75. The lowest BCUT2D eigenvalue weighted by molar-refractivity contribution is 0.175. The lowest BCUT2D eigenvalue weighted by Gasteiger charge is -2.34. The predicted octanol–water partition coefficient (Wildman–Crippen LogP) is 2.95. The SMILES string of the molecule is CCc1ccc([C@@H](CC#N)N2CCNCC2)cc1.Cl.Cl. The topological polar surface area (TPSA) is 39.1 Å². The Morgan fingerprint density at radius 2 is 1.80 bits per heavy atom. The molecule has 1 atom stereocenters. The maximum absolute atomic E-state index is 9.04. The van der Waals surface area contributed by atoms with Crippen molar-refractivity contribution in [2.45, 2.75) is 25.8 Å². The molecule has 0 amide bonds. The molecule has 0 aliphatic carbocycles. The maximum atomic E-state index is 9.04. The van der Waals surface area contributed by atoms with Crippen molar-refractivity contribution in [1.82, 2.24) is 10.2 Å². The second kappa shape index (κ2) is 10.0. The third kappa shape index (κ3) is 4.96. The molecule has 0 radical (unpaired) electrons. The molecule has 1 aliphatic heterocycles. The van der Waals surface area contributed by atoms with Crippen LogP contribution < -0.4 is 5.32 Å². The average Bonchev–Trinajstić information content (AvgIpc) is 2.46. The average molecular weight is 316 g/mol. The Hall–Kier alpha value is -0.790. The summed E-state index contributed by atoms with van der Waals surface area (Å²) in [6.07, 6.45) is 1.64. The lowest BCUT2D eigenvalue weighted by atomic mass is 10.00. The molecule has 0 bridgehead atoms. The molecule has 2 rings (SSSR count). The Morgan fingerprint density at radius 1 is 1.20 bits per heavy atom. The molecule has 112 valence electrons. The zero-order chi connectivity index (χ0) is 12.8. The van der Waals surface area contributed by atoms with Crippen molar-refractivity contribution in [3.8, 4) is 6.07 Å². The molecule has 1 N–H and O–H groups in total. The van der Waals surface area contributed by atoms with E-state index in [4.69, 9.17) is 5.26 Å². The first-order chi connectivity index (χ1) is 8.85. The number of hydrogen-bond donors (Lipinski definition) is 1. The lowest BCUT2D eigenvalue weighted by Crippen LogP contribution is -2.45. The van der Waals surface area contributed by atoms with Crippen LogP contribution in [0.1, 0.15) is 30.5 Å². The molecule has 1 aliphatic rings. The van der Waals surface area contributed by atoms with Crippen LogP contribution in [-0.2, 0) is 6.42 Å². The van der Waals surface area contributed by atoms with Gasteiger partial charge in [-0.15, -0.1) is 24.8 Å². The molecule has 20 heavy (non-hydrogen) atoms. The van der Waals surface area contributed by atoms with Gasteiger partial charge in [0.15, 0.2) is 0 Å². The molecule has 5 heteroatoms. The number of aryl methyl sites for hydroxylation is 1. The standard InChI is InChI=1S/C15H21N3.2ClH/c1-2-13-3-5-14(6-4-13)15(7-8-16)18-11-9-17-10-12-18;;/h3-6,15,17H,2,7,9-12H2,1H3;2*1H/t15-;;/m1../s1. The van der Waals surface area contributed by atoms with Gasteiger partial charge in [-0.3, -0.25) is 4.90 Å². The van der Waals surface area contributed by atoms with E-state index in [2.05, 4.69) is 47.5 Å². The van der Waals surface area contributed by atoms with E-state index in [1.54, 1.807) is 0 Å². The van der Waals surface area contributed by atoms with Crippen LogP contribution in [0.15, 0.2) is 24.3 Å². The van der Waals surface area contributed by atoms with Crippen molar-refractivity contribution in [2.24, 2.45) is 0 Å². The summed E-state index contributed by atoms with van der Waals surface area (Å²) in [4.78, 5) is 2.42. The minimum atomic E-state index is 0. The Bertz CT molecular complexity index is 408. The van der Waals surface area contributed by atoms with E-state index in [1.165, 1.54) is 11.1 Å². The first-order valence-corrected chi connectivity index (χ1v) is 6.75. The van der Waals surface area contributed by atoms with Crippen molar-refractivity contribution in [3.63, 3.8) is 0 Å². The Morgan fingerprint density at radius 3 is 2.30 bits per heavy atom. The van der Waals surface area contributed by atoms with Gasteiger partial charge >= 0.3 is 0 Å². The van der Waals surface area contributed by atoms with Gasteiger partial charge in [0.1, 0.15) is 0 Å². The summed E-state index contributed by atoms with van der Waals surface area (Å²) in [6.45, 7) is 6.27. The molecule has 1 saturated heterocycles. The molecule has 3 nitrogen and oxygen atoms in total. The fourth-order valence-corrected chi connectivity index (χ4v) is 2.51. The van der Waals surface area contributed by atoms with Crippen LogP contribution in [0.5, 0.6) is 0 Å². The van der Waals surface area contributed by atoms with Crippen molar-refractivity contribution in [2.75, 3.05) is 26.2 Å². The number of piperazine rings is 1. The van der Waals surface area contributed by atoms with Gasteiger partial charge in [0, 0.05) is 32.2 Å². The highest BCUT2D eigenvalue weighted by atomic mass is 35.5. The summed E-state index contributed by atoms with van der Waals surface area (Å²) < 4.78 is 0. The fourth-order valence-electron chi connectivity index (χ4n) is 2.51. The highest BCUT2D eigenvalue weighted by Gasteiger charge is 2.21. The zero-order valence-electron chi connectivity index (χ0n) is 11.8. The van der Waals surface area contributed by atoms with E-state index in [0.717, 1.165) is 32.6 Å². The van der Waals surface area contributed by atoms with Crippen LogP contribution in [0.25, 0.3) is 0 Å². The number of hydrogen-bond acceptors (Lipinski definition) is 3. The number of nitrogens with one attached hydrogen (secondary N) is 1. The number of halogens is 2. The second-order valence-electron chi connectivity index (χ2n) is 4.76. The normalized spacial score (nSPS) is 16.4. The first kappa shape index (κ1) is 19.2. The van der Waals surface area contributed by atoms with Crippen LogP contribution in [0, 0.1) is 11.3 Å². The van der Waals surface area contributed by atoms with E-state index in [9.17, 15) is 0 Å². The van der Waals surface area contributed by atoms with E-state index in [-0.39, 0.29) is 30.9 Å². The van der Waals surface area contributed by atoms with E-state index in [1.807, 2.05) is 0 Å². The summed E-state index contributed by atoms with van der Waals surface area (Å²) in [5, 5.41) is 12.4. The third-order valence-corrected chi connectivity index (χ3v) is 3.65. The second-order valence-corrected chi connectivity index (χ2v) is 4.76. The smallest absolute Gasteiger partial charge is 0.0641 e. The van der Waals surface area contributed by atoms with Crippen molar-refractivity contribution < 1.29 is 0 Å². The largest absolute Gasteiger partial charge is 0.314 e.